The molecule has 2 unspecified atom stereocenters. The molecule has 1 aliphatic rings. The Balaban J connectivity index is 1.70. The van der Waals surface area contributed by atoms with Crippen LogP contribution in [0.25, 0.3) is 5.69 Å². The fourth-order valence-corrected chi connectivity index (χ4v) is 2.93. The standard InChI is InChI=1S/C16H19FN4O/c17-12-4-6-13(7-5-12)21-9-8-15(20-21)16(22)19-14-3-1-2-11(14)10-18/h4-9,11,14H,1-3,10,18H2,(H,19,22). The average molecular weight is 302 g/mol. The Kier molecular flexibility index (Phi) is 4.20. The van der Waals surface area contributed by atoms with Gasteiger partial charge in [0.1, 0.15) is 5.82 Å². The number of hydrogen-bond acceptors (Lipinski definition) is 3. The van der Waals surface area contributed by atoms with E-state index < -0.39 is 0 Å². The predicted octanol–water partition coefficient (Wildman–Crippen LogP) is 1.87. The molecule has 116 valence electrons. The van der Waals surface area contributed by atoms with Gasteiger partial charge in [-0.15, -0.1) is 0 Å². The zero-order chi connectivity index (χ0) is 15.5. The summed E-state index contributed by atoms with van der Waals surface area (Å²) in [5.74, 6) is -0.141. The molecular weight excluding hydrogens is 283 g/mol. The lowest BCUT2D eigenvalue weighted by Crippen LogP contribution is -2.40. The number of aromatic nitrogens is 2. The third kappa shape index (κ3) is 3.01. The largest absolute Gasteiger partial charge is 0.348 e. The summed E-state index contributed by atoms with van der Waals surface area (Å²) in [6.07, 6.45) is 4.81. The van der Waals surface area contributed by atoms with E-state index in [0.29, 0.717) is 23.8 Å². The first-order valence-electron chi connectivity index (χ1n) is 7.50. The summed E-state index contributed by atoms with van der Waals surface area (Å²) in [7, 11) is 0. The first-order valence-corrected chi connectivity index (χ1v) is 7.50. The summed E-state index contributed by atoms with van der Waals surface area (Å²) >= 11 is 0. The highest BCUT2D eigenvalue weighted by atomic mass is 19.1. The highest BCUT2D eigenvalue weighted by molar-refractivity contribution is 5.92. The molecule has 6 heteroatoms. The van der Waals surface area contributed by atoms with Crippen LogP contribution in [0.5, 0.6) is 0 Å². The lowest BCUT2D eigenvalue weighted by Gasteiger charge is -2.18. The van der Waals surface area contributed by atoms with E-state index in [-0.39, 0.29) is 17.8 Å². The molecule has 1 amide bonds. The van der Waals surface area contributed by atoms with Crippen molar-refractivity contribution in [1.29, 1.82) is 0 Å². The van der Waals surface area contributed by atoms with Gasteiger partial charge in [0, 0.05) is 12.2 Å². The summed E-state index contributed by atoms with van der Waals surface area (Å²) in [5.41, 5.74) is 6.79. The number of nitrogens with zero attached hydrogens (tertiary/aromatic N) is 2. The molecule has 0 spiro atoms. The number of nitrogens with two attached hydrogens (primary N) is 1. The van der Waals surface area contributed by atoms with Gasteiger partial charge < -0.3 is 11.1 Å². The predicted molar refractivity (Wildman–Crippen MR) is 81.2 cm³/mol. The molecule has 2 atom stereocenters. The van der Waals surface area contributed by atoms with Crippen molar-refractivity contribution in [1.82, 2.24) is 15.1 Å². The number of carbonyl (C=O) groups excluding carboxylic acids is 1. The summed E-state index contributed by atoms with van der Waals surface area (Å²) in [6, 6.07) is 7.75. The van der Waals surface area contributed by atoms with Gasteiger partial charge >= 0.3 is 0 Å². The molecule has 1 heterocycles. The second-order valence-electron chi connectivity index (χ2n) is 5.63. The molecule has 0 aliphatic heterocycles. The molecule has 1 aromatic carbocycles. The maximum Gasteiger partial charge on any atom is 0.272 e. The van der Waals surface area contributed by atoms with Crippen molar-refractivity contribution in [3.8, 4) is 5.69 Å². The second-order valence-corrected chi connectivity index (χ2v) is 5.63. The van der Waals surface area contributed by atoms with E-state index in [4.69, 9.17) is 5.73 Å². The zero-order valence-corrected chi connectivity index (χ0v) is 12.2. The number of nitrogens with one attached hydrogen (secondary N) is 1. The number of halogens is 1. The molecule has 1 fully saturated rings. The van der Waals surface area contributed by atoms with Crippen molar-refractivity contribution >= 4 is 5.91 Å². The number of hydrogen-bond donors (Lipinski definition) is 2. The zero-order valence-electron chi connectivity index (χ0n) is 12.2. The minimum Gasteiger partial charge on any atom is -0.348 e. The van der Waals surface area contributed by atoms with Crippen molar-refractivity contribution in [2.75, 3.05) is 6.54 Å². The van der Waals surface area contributed by atoms with Gasteiger partial charge in [0.2, 0.25) is 0 Å². The summed E-state index contributed by atoms with van der Waals surface area (Å²) in [4.78, 5) is 12.3. The fraction of sp³-hybridized carbons (Fsp3) is 0.375. The van der Waals surface area contributed by atoms with Gasteiger partial charge in [0.05, 0.1) is 5.69 Å². The summed E-state index contributed by atoms with van der Waals surface area (Å²) < 4.78 is 14.5. The molecule has 1 aliphatic carbocycles. The smallest absolute Gasteiger partial charge is 0.272 e. The topological polar surface area (TPSA) is 72.9 Å². The van der Waals surface area contributed by atoms with Gasteiger partial charge in [-0.1, -0.05) is 6.42 Å². The van der Waals surface area contributed by atoms with E-state index in [2.05, 4.69) is 10.4 Å². The van der Waals surface area contributed by atoms with Crippen LogP contribution in [0.15, 0.2) is 36.5 Å². The molecule has 2 aromatic rings. The molecule has 1 saturated carbocycles. The van der Waals surface area contributed by atoms with E-state index >= 15 is 0 Å². The SMILES string of the molecule is NCC1CCCC1NC(=O)c1ccn(-c2ccc(F)cc2)n1. The molecular formula is C16H19FN4O. The third-order valence-electron chi connectivity index (χ3n) is 4.19. The number of carbonyl (C=O) groups is 1. The van der Waals surface area contributed by atoms with Crippen LogP contribution in [-0.4, -0.2) is 28.3 Å². The molecule has 0 saturated heterocycles. The fourth-order valence-electron chi connectivity index (χ4n) is 2.93. The highest BCUT2D eigenvalue weighted by Crippen LogP contribution is 2.24. The highest BCUT2D eigenvalue weighted by Gasteiger charge is 2.28. The molecule has 22 heavy (non-hydrogen) atoms. The molecule has 5 nitrogen and oxygen atoms in total. The van der Waals surface area contributed by atoms with Gasteiger partial charge in [0.25, 0.3) is 5.91 Å². The van der Waals surface area contributed by atoms with Crippen LogP contribution in [-0.2, 0) is 0 Å². The molecule has 0 radical (unpaired) electrons. The van der Waals surface area contributed by atoms with Crippen molar-refractivity contribution in [2.45, 2.75) is 25.3 Å². The monoisotopic (exact) mass is 302 g/mol. The molecule has 3 rings (SSSR count). The Morgan fingerprint density at radius 1 is 1.32 bits per heavy atom. The van der Waals surface area contributed by atoms with Crippen LogP contribution in [0.3, 0.4) is 0 Å². The van der Waals surface area contributed by atoms with E-state index in [1.807, 2.05) is 0 Å². The van der Waals surface area contributed by atoms with Crippen molar-refractivity contribution in [3.63, 3.8) is 0 Å². The quantitative estimate of drug-likeness (QED) is 0.905. The first-order chi connectivity index (χ1) is 10.7. The molecule has 0 bridgehead atoms. The van der Waals surface area contributed by atoms with E-state index in [1.54, 1.807) is 29.1 Å². The lowest BCUT2D eigenvalue weighted by atomic mass is 10.0. The van der Waals surface area contributed by atoms with E-state index in [9.17, 15) is 9.18 Å². The Hall–Kier alpha value is -2.21. The Labute approximate surface area is 128 Å². The lowest BCUT2D eigenvalue weighted by molar-refractivity contribution is 0.0923. The number of benzene rings is 1. The van der Waals surface area contributed by atoms with Crippen LogP contribution in [0.4, 0.5) is 4.39 Å². The minimum absolute atomic E-state index is 0.133. The first kappa shape index (κ1) is 14.7. The van der Waals surface area contributed by atoms with Crippen molar-refractivity contribution in [2.24, 2.45) is 11.7 Å². The van der Waals surface area contributed by atoms with Gasteiger partial charge in [0.15, 0.2) is 5.69 Å². The van der Waals surface area contributed by atoms with Crippen LogP contribution >= 0.6 is 0 Å². The summed E-state index contributed by atoms with van der Waals surface area (Å²) in [6.45, 7) is 0.592. The average Bonchev–Trinajstić information content (AvgIpc) is 3.16. The van der Waals surface area contributed by atoms with Gasteiger partial charge in [-0.2, -0.15) is 5.10 Å². The normalized spacial score (nSPS) is 21.0. The van der Waals surface area contributed by atoms with Gasteiger partial charge in [-0.25, -0.2) is 9.07 Å². The summed E-state index contributed by atoms with van der Waals surface area (Å²) in [5, 5.41) is 7.27. The molecule has 1 aromatic heterocycles. The van der Waals surface area contributed by atoms with Crippen LogP contribution in [0.2, 0.25) is 0 Å². The maximum atomic E-state index is 12.9. The minimum atomic E-state index is -0.303. The van der Waals surface area contributed by atoms with Gasteiger partial charge in [-0.3, -0.25) is 4.79 Å². The Morgan fingerprint density at radius 2 is 2.09 bits per heavy atom. The number of amides is 1. The Bertz CT molecular complexity index is 652. The van der Waals surface area contributed by atoms with Gasteiger partial charge in [-0.05, 0) is 55.6 Å². The van der Waals surface area contributed by atoms with Crippen molar-refractivity contribution in [3.05, 3.63) is 48.0 Å². The number of rotatable bonds is 4. The van der Waals surface area contributed by atoms with Crippen LogP contribution in [0, 0.1) is 11.7 Å². The van der Waals surface area contributed by atoms with Crippen LogP contribution in [0.1, 0.15) is 29.8 Å². The van der Waals surface area contributed by atoms with Crippen molar-refractivity contribution < 1.29 is 9.18 Å². The Morgan fingerprint density at radius 3 is 2.82 bits per heavy atom. The van der Waals surface area contributed by atoms with Crippen LogP contribution < -0.4 is 11.1 Å². The second kappa shape index (κ2) is 6.27. The van der Waals surface area contributed by atoms with E-state index in [0.717, 1.165) is 19.3 Å². The maximum absolute atomic E-state index is 12.9. The third-order valence-corrected chi connectivity index (χ3v) is 4.19. The van der Waals surface area contributed by atoms with E-state index in [1.165, 1.54) is 12.1 Å². The molecule has 3 N–H and O–H groups in total.